The molecule has 0 radical (unpaired) electrons. The Hall–Kier alpha value is -3.74. The third-order valence-electron chi connectivity index (χ3n) is 5.09. The zero-order valence-corrected chi connectivity index (χ0v) is 18.7. The number of allylic oxidation sites excluding steroid dienone is 1. The van der Waals surface area contributed by atoms with Crippen molar-refractivity contribution in [2.45, 2.75) is 25.5 Å². The molecule has 4 rings (SSSR count). The predicted molar refractivity (Wildman–Crippen MR) is 124 cm³/mol. The van der Waals surface area contributed by atoms with Crippen LogP contribution in [0.4, 0.5) is 0 Å². The second-order valence-corrected chi connectivity index (χ2v) is 7.87. The highest BCUT2D eigenvalue weighted by Gasteiger charge is 2.30. The zero-order valence-electron chi connectivity index (χ0n) is 17.9. The average molecular weight is 463 g/mol. The number of nitrogens with zero attached hydrogens (tertiary/aromatic N) is 2. The summed E-state index contributed by atoms with van der Waals surface area (Å²) in [5.74, 6) is 2.05. The summed E-state index contributed by atoms with van der Waals surface area (Å²) in [7, 11) is 0. The van der Waals surface area contributed by atoms with Gasteiger partial charge in [0.1, 0.15) is 18.4 Å². The molecule has 2 N–H and O–H groups in total. The Morgan fingerprint density at radius 1 is 1.33 bits per heavy atom. The van der Waals surface area contributed by atoms with E-state index in [0.717, 1.165) is 11.1 Å². The first kappa shape index (κ1) is 22.5. The number of nitrogens with one attached hydrogen (secondary N) is 2. The second-order valence-electron chi connectivity index (χ2n) is 7.23. The van der Waals surface area contributed by atoms with Crippen LogP contribution in [0.3, 0.4) is 0 Å². The summed E-state index contributed by atoms with van der Waals surface area (Å²) in [5, 5.41) is 8.92. The van der Waals surface area contributed by atoms with Crippen LogP contribution < -0.4 is 18.9 Å². The molecule has 2 aromatic rings. The minimum absolute atomic E-state index is 0.00122. The Morgan fingerprint density at radius 3 is 2.79 bits per heavy atom. The quantitative estimate of drug-likeness (QED) is 0.472. The predicted octanol–water partition coefficient (Wildman–Crippen LogP) is 3.87. The van der Waals surface area contributed by atoms with Crippen LogP contribution in [0.15, 0.2) is 78.4 Å². The summed E-state index contributed by atoms with van der Waals surface area (Å²) in [4.78, 5) is 15.8. The van der Waals surface area contributed by atoms with Gasteiger partial charge in [0, 0.05) is 36.4 Å². The molecule has 2 unspecified atom stereocenters. The molecule has 2 atom stereocenters. The van der Waals surface area contributed by atoms with Crippen molar-refractivity contribution in [3.05, 3.63) is 89.5 Å². The van der Waals surface area contributed by atoms with Gasteiger partial charge in [-0.15, -0.1) is 0 Å². The maximum absolute atomic E-state index is 11.6. The SMILES string of the molecule is C=CC1=C(/C(=C\C)Oc2ccc(C#N)cn2)OCC1Oc1ccc(C2CC(=O)NSN2)cc1. The van der Waals surface area contributed by atoms with E-state index in [2.05, 4.69) is 21.0 Å². The Morgan fingerprint density at radius 2 is 2.15 bits per heavy atom. The number of nitriles is 1. The molecule has 0 saturated carbocycles. The summed E-state index contributed by atoms with van der Waals surface area (Å²) >= 11 is 1.20. The Bertz CT molecular complexity index is 1140. The number of benzene rings is 1. The van der Waals surface area contributed by atoms with E-state index < -0.39 is 0 Å². The third kappa shape index (κ3) is 5.19. The normalized spacial score (nSPS) is 20.5. The fourth-order valence-electron chi connectivity index (χ4n) is 3.42. The number of hydrogen-bond acceptors (Lipinski definition) is 8. The van der Waals surface area contributed by atoms with Crippen molar-refractivity contribution >= 4 is 18.0 Å². The molecule has 2 aliphatic rings. The molecule has 9 heteroatoms. The minimum atomic E-state index is -0.357. The fraction of sp³-hybridized carbons (Fsp3) is 0.208. The van der Waals surface area contributed by atoms with Crippen molar-refractivity contribution in [3.63, 3.8) is 0 Å². The van der Waals surface area contributed by atoms with Crippen molar-refractivity contribution in [3.8, 4) is 17.7 Å². The third-order valence-corrected chi connectivity index (χ3v) is 5.82. The van der Waals surface area contributed by atoms with Crippen LogP contribution in [0, 0.1) is 11.3 Å². The highest BCUT2D eigenvalue weighted by molar-refractivity contribution is 7.96. The highest BCUT2D eigenvalue weighted by Crippen LogP contribution is 2.32. The van der Waals surface area contributed by atoms with Gasteiger partial charge in [-0.05, 0) is 36.8 Å². The van der Waals surface area contributed by atoms with E-state index in [-0.39, 0.29) is 18.1 Å². The average Bonchev–Trinajstić information content (AvgIpc) is 3.25. The van der Waals surface area contributed by atoms with Gasteiger partial charge in [-0.3, -0.25) is 9.52 Å². The van der Waals surface area contributed by atoms with Crippen molar-refractivity contribution in [2.24, 2.45) is 0 Å². The van der Waals surface area contributed by atoms with Gasteiger partial charge in [-0.2, -0.15) is 5.26 Å². The summed E-state index contributed by atoms with van der Waals surface area (Å²) in [6, 6.07) is 12.9. The van der Waals surface area contributed by atoms with Crippen LogP contribution in [-0.4, -0.2) is 23.6 Å². The van der Waals surface area contributed by atoms with E-state index in [1.807, 2.05) is 37.3 Å². The van der Waals surface area contributed by atoms with E-state index in [1.165, 1.54) is 18.3 Å². The van der Waals surface area contributed by atoms with E-state index in [1.54, 1.807) is 24.3 Å². The Balaban J connectivity index is 1.46. The van der Waals surface area contributed by atoms with Gasteiger partial charge in [0.25, 0.3) is 0 Å². The lowest BCUT2D eigenvalue weighted by atomic mass is 10.0. The molecule has 0 spiro atoms. The molecule has 8 nitrogen and oxygen atoms in total. The molecule has 0 aliphatic carbocycles. The monoisotopic (exact) mass is 462 g/mol. The molecule has 1 saturated heterocycles. The van der Waals surface area contributed by atoms with Crippen LogP contribution in [0.1, 0.15) is 30.5 Å². The number of carbonyl (C=O) groups excluding carboxylic acids is 1. The molecule has 1 fully saturated rings. The number of hydrogen-bond donors (Lipinski definition) is 2. The molecule has 3 heterocycles. The maximum Gasteiger partial charge on any atom is 0.232 e. The van der Waals surface area contributed by atoms with E-state index >= 15 is 0 Å². The molecular formula is C24H22N4O4S. The standard InChI is InChI=1S/C24H22N4O4S/c1-3-18-21(31-17-8-6-16(7-9-17)19-11-22(29)28-33-27-19)14-30-24(18)20(4-2)32-23-10-5-15(12-25)13-26-23/h3-10,13,19,21,27H,1,11,14H2,2H3,(H,28,29)/b20-4+. The summed E-state index contributed by atoms with van der Waals surface area (Å²) in [6.45, 7) is 6.05. The minimum Gasteiger partial charge on any atom is -0.485 e. The summed E-state index contributed by atoms with van der Waals surface area (Å²) < 4.78 is 23.8. The number of amides is 1. The molecular weight excluding hydrogens is 440 g/mol. The van der Waals surface area contributed by atoms with E-state index in [0.29, 0.717) is 41.7 Å². The molecule has 33 heavy (non-hydrogen) atoms. The number of rotatable bonds is 7. The Kier molecular flexibility index (Phi) is 6.98. The van der Waals surface area contributed by atoms with Crippen molar-refractivity contribution in [1.29, 1.82) is 5.26 Å². The van der Waals surface area contributed by atoms with Crippen molar-refractivity contribution in [2.75, 3.05) is 6.61 Å². The smallest absolute Gasteiger partial charge is 0.232 e. The molecule has 0 bridgehead atoms. The van der Waals surface area contributed by atoms with E-state index in [4.69, 9.17) is 19.5 Å². The topological polar surface area (TPSA) is 106 Å². The van der Waals surface area contributed by atoms with Gasteiger partial charge >= 0.3 is 0 Å². The molecule has 1 amide bonds. The molecule has 168 valence electrons. The van der Waals surface area contributed by atoms with Gasteiger partial charge < -0.3 is 14.2 Å². The molecule has 2 aliphatic heterocycles. The lowest BCUT2D eigenvalue weighted by molar-refractivity contribution is -0.120. The molecule has 1 aromatic carbocycles. The van der Waals surface area contributed by atoms with Crippen molar-refractivity contribution < 1.29 is 19.0 Å². The Labute approximate surface area is 196 Å². The lowest BCUT2D eigenvalue weighted by Gasteiger charge is -2.23. The first-order valence-electron chi connectivity index (χ1n) is 10.3. The number of aromatic nitrogens is 1. The van der Waals surface area contributed by atoms with Crippen LogP contribution >= 0.6 is 12.1 Å². The van der Waals surface area contributed by atoms with Gasteiger partial charge in [-0.25, -0.2) is 9.71 Å². The van der Waals surface area contributed by atoms with Gasteiger partial charge in [0.15, 0.2) is 17.6 Å². The lowest BCUT2D eigenvalue weighted by Crippen LogP contribution is -2.33. The van der Waals surface area contributed by atoms with Gasteiger partial charge in [0.05, 0.1) is 11.6 Å². The maximum atomic E-state index is 11.6. The number of pyridine rings is 1. The summed E-state index contributed by atoms with van der Waals surface area (Å²) in [5.41, 5.74) is 2.23. The largest absolute Gasteiger partial charge is 0.485 e. The van der Waals surface area contributed by atoms with Crippen LogP contribution in [-0.2, 0) is 9.53 Å². The molecule has 1 aromatic heterocycles. The first-order chi connectivity index (χ1) is 16.1. The van der Waals surface area contributed by atoms with Gasteiger partial charge in [-0.1, -0.05) is 24.8 Å². The number of carbonyl (C=O) groups is 1. The number of ether oxygens (including phenoxy) is 3. The summed E-state index contributed by atoms with van der Waals surface area (Å²) in [6.07, 6.45) is 4.95. The first-order valence-corrected chi connectivity index (χ1v) is 11.1. The highest BCUT2D eigenvalue weighted by atomic mass is 32.2. The van der Waals surface area contributed by atoms with Crippen LogP contribution in [0.5, 0.6) is 11.6 Å². The van der Waals surface area contributed by atoms with E-state index in [9.17, 15) is 4.79 Å². The van der Waals surface area contributed by atoms with Gasteiger partial charge in [0.2, 0.25) is 11.8 Å². The fourth-order valence-corrected chi connectivity index (χ4v) is 4.04. The van der Waals surface area contributed by atoms with Crippen LogP contribution in [0.2, 0.25) is 0 Å². The van der Waals surface area contributed by atoms with Crippen molar-refractivity contribution in [1.82, 2.24) is 14.4 Å². The zero-order chi connectivity index (χ0) is 23.2. The second kappa shape index (κ2) is 10.3. The van der Waals surface area contributed by atoms with Crippen LogP contribution in [0.25, 0.3) is 0 Å².